The third-order valence-electron chi connectivity index (χ3n) is 5.37. The SMILES string of the molecule is O=C(C1=C(O)C(=O)N(Cc2ccco2)C1c1ccc(O)cc1)c1cc2cc(Cl)ccc2o1. The van der Waals surface area contributed by atoms with Gasteiger partial charge in [-0.1, -0.05) is 23.7 Å². The molecule has 0 saturated carbocycles. The average molecular weight is 450 g/mol. The van der Waals surface area contributed by atoms with Gasteiger partial charge in [-0.3, -0.25) is 9.59 Å². The van der Waals surface area contributed by atoms with E-state index in [1.54, 1.807) is 42.5 Å². The molecule has 1 amide bonds. The summed E-state index contributed by atoms with van der Waals surface area (Å²) >= 11 is 6.02. The maximum Gasteiger partial charge on any atom is 0.290 e. The summed E-state index contributed by atoms with van der Waals surface area (Å²) in [6, 6.07) is 15.0. The first kappa shape index (κ1) is 20.0. The highest BCUT2D eigenvalue weighted by Crippen LogP contribution is 2.41. The number of hydrogen-bond acceptors (Lipinski definition) is 6. The summed E-state index contributed by atoms with van der Waals surface area (Å²) in [5, 5.41) is 21.5. The fourth-order valence-electron chi connectivity index (χ4n) is 3.88. The van der Waals surface area contributed by atoms with E-state index in [1.807, 2.05) is 0 Å². The van der Waals surface area contributed by atoms with E-state index in [0.717, 1.165) is 0 Å². The zero-order valence-electron chi connectivity index (χ0n) is 16.5. The molecule has 0 aliphatic carbocycles. The number of benzene rings is 2. The molecule has 0 radical (unpaired) electrons. The molecule has 2 aromatic carbocycles. The van der Waals surface area contributed by atoms with Crippen molar-refractivity contribution in [2.75, 3.05) is 0 Å². The third-order valence-corrected chi connectivity index (χ3v) is 5.60. The van der Waals surface area contributed by atoms with E-state index in [1.165, 1.54) is 29.4 Å². The molecule has 8 heteroatoms. The molecule has 32 heavy (non-hydrogen) atoms. The topological polar surface area (TPSA) is 104 Å². The number of fused-ring (bicyclic) bond motifs is 1. The van der Waals surface area contributed by atoms with Crippen LogP contribution in [0.3, 0.4) is 0 Å². The number of aliphatic hydroxyl groups is 1. The predicted octanol–water partition coefficient (Wildman–Crippen LogP) is 5.16. The normalized spacial score (nSPS) is 16.3. The maximum atomic E-state index is 13.5. The molecule has 0 saturated heterocycles. The monoisotopic (exact) mass is 449 g/mol. The smallest absolute Gasteiger partial charge is 0.290 e. The van der Waals surface area contributed by atoms with Crippen LogP contribution in [-0.2, 0) is 11.3 Å². The van der Waals surface area contributed by atoms with Crippen LogP contribution >= 0.6 is 11.6 Å². The first-order valence-electron chi connectivity index (χ1n) is 9.71. The summed E-state index contributed by atoms with van der Waals surface area (Å²) in [7, 11) is 0. The number of amides is 1. The van der Waals surface area contributed by atoms with E-state index in [0.29, 0.717) is 27.3 Å². The number of carbonyl (C=O) groups excluding carboxylic acids is 2. The Kier molecular flexibility index (Phi) is 4.75. The van der Waals surface area contributed by atoms with E-state index in [4.69, 9.17) is 20.4 Å². The van der Waals surface area contributed by atoms with Crippen molar-refractivity contribution in [3.8, 4) is 5.75 Å². The molecule has 0 fully saturated rings. The van der Waals surface area contributed by atoms with Gasteiger partial charge in [0.2, 0.25) is 5.78 Å². The van der Waals surface area contributed by atoms with Gasteiger partial charge in [-0.15, -0.1) is 0 Å². The minimum atomic E-state index is -0.905. The Morgan fingerprint density at radius 3 is 2.56 bits per heavy atom. The van der Waals surface area contributed by atoms with Gasteiger partial charge < -0.3 is 23.9 Å². The zero-order valence-corrected chi connectivity index (χ0v) is 17.2. The molecule has 7 nitrogen and oxygen atoms in total. The van der Waals surface area contributed by atoms with E-state index < -0.39 is 23.5 Å². The first-order valence-corrected chi connectivity index (χ1v) is 10.1. The largest absolute Gasteiger partial charge is 0.508 e. The van der Waals surface area contributed by atoms with Gasteiger partial charge in [0, 0.05) is 10.4 Å². The number of ketones is 1. The number of halogens is 1. The van der Waals surface area contributed by atoms with E-state index in [-0.39, 0.29) is 23.6 Å². The van der Waals surface area contributed by atoms with Crippen molar-refractivity contribution in [1.82, 2.24) is 4.90 Å². The molecule has 5 rings (SSSR count). The van der Waals surface area contributed by atoms with Crippen LogP contribution in [0, 0.1) is 0 Å². The highest BCUT2D eigenvalue weighted by molar-refractivity contribution is 6.31. The highest BCUT2D eigenvalue weighted by Gasteiger charge is 2.44. The van der Waals surface area contributed by atoms with Gasteiger partial charge in [-0.2, -0.15) is 0 Å². The molecule has 2 aromatic heterocycles. The molecule has 1 aliphatic heterocycles. The molecular formula is C24H16ClNO6. The van der Waals surface area contributed by atoms with Gasteiger partial charge >= 0.3 is 0 Å². The number of carbonyl (C=O) groups is 2. The minimum Gasteiger partial charge on any atom is -0.508 e. The number of phenols is 1. The van der Waals surface area contributed by atoms with Crippen LogP contribution in [0.25, 0.3) is 11.0 Å². The summed E-state index contributed by atoms with van der Waals surface area (Å²) < 4.78 is 11.0. The number of hydrogen-bond donors (Lipinski definition) is 2. The second-order valence-corrected chi connectivity index (χ2v) is 7.83. The third kappa shape index (κ3) is 3.33. The van der Waals surface area contributed by atoms with Crippen molar-refractivity contribution in [3.05, 3.63) is 100 Å². The van der Waals surface area contributed by atoms with Crippen LogP contribution in [0.4, 0.5) is 0 Å². The number of phenolic OH excluding ortho intramolecular Hbond substituents is 1. The second-order valence-electron chi connectivity index (χ2n) is 7.39. The fourth-order valence-corrected chi connectivity index (χ4v) is 4.06. The molecular weight excluding hydrogens is 434 g/mol. The van der Waals surface area contributed by atoms with Crippen molar-refractivity contribution in [2.45, 2.75) is 12.6 Å². The molecule has 3 heterocycles. The van der Waals surface area contributed by atoms with E-state index in [9.17, 15) is 19.8 Å². The Morgan fingerprint density at radius 2 is 1.84 bits per heavy atom. The second kappa shape index (κ2) is 7.62. The van der Waals surface area contributed by atoms with E-state index >= 15 is 0 Å². The lowest BCUT2D eigenvalue weighted by molar-refractivity contribution is -0.130. The summed E-state index contributed by atoms with van der Waals surface area (Å²) in [6.07, 6.45) is 1.48. The van der Waals surface area contributed by atoms with Gasteiger partial charge in [0.1, 0.15) is 17.1 Å². The van der Waals surface area contributed by atoms with Crippen LogP contribution in [0.15, 0.2) is 87.1 Å². The zero-order chi connectivity index (χ0) is 22.4. The lowest BCUT2D eigenvalue weighted by Gasteiger charge is -2.25. The summed E-state index contributed by atoms with van der Waals surface area (Å²) in [4.78, 5) is 27.8. The molecule has 0 spiro atoms. The lowest BCUT2D eigenvalue weighted by Crippen LogP contribution is -2.30. The van der Waals surface area contributed by atoms with Crippen molar-refractivity contribution in [2.24, 2.45) is 0 Å². The predicted molar refractivity (Wildman–Crippen MR) is 115 cm³/mol. The first-order chi connectivity index (χ1) is 15.4. The number of rotatable bonds is 5. The lowest BCUT2D eigenvalue weighted by atomic mass is 9.95. The number of Topliss-reactive ketones (excluding diaryl/α,β-unsaturated/α-hetero) is 1. The standard InChI is InChI=1S/C24H16ClNO6/c25-15-5-8-18-14(10-15)11-19(32-18)22(28)20-21(13-3-6-16(27)7-4-13)26(24(30)23(20)29)12-17-2-1-9-31-17/h1-11,21,27,29H,12H2. The molecule has 1 aliphatic rings. The Bertz CT molecular complexity index is 1370. The van der Waals surface area contributed by atoms with Crippen molar-refractivity contribution >= 4 is 34.3 Å². The van der Waals surface area contributed by atoms with Gasteiger partial charge in [0.05, 0.1) is 24.4 Å². The number of aromatic hydroxyl groups is 1. The molecule has 1 unspecified atom stereocenters. The number of nitrogens with zero attached hydrogens (tertiary/aromatic N) is 1. The van der Waals surface area contributed by atoms with Crippen LogP contribution in [0.2, 0.25) is 5.02 Å². The number of aliphatic hydroxyl groups excluding tert-OH is 1. The Balaban J connectivity index is 1.60. The molecule has 2 N–H and O–H groups in total. The molecule has 1 atom stereocenters. The summed E-state index contributed by atoms with van der Waals surface area (Å²) in [5.74, 6) is -1.49. The maximum absolute atomic E-state index is 13.5. The Labute approximate surface area is 186 Å². The molecule has 160 valence electrons. The Hall–Kier alpha value is -3.97. The van der Waals surface area contributed by atoms with Gasteiger partial charge in [-0.05, 0) is 54.1 Å². The van der Waals surface area contributed by atoms with Gasteiger partial charge in [0.25, 0.3) is 5.91 Å². The van der Waals surface area contributed by atoms with Crippen LogP contribution in [0.5, 0.6) is 5.75 Å². The van der Waals surface area contributed by atoms with Gasteiger partial charge in [-0.25, -0.2) is 0 Å². The summed E-state index contributed by atoms with van der Waals surface area (Å²) in [6.45, 7) is 0.0357. The molecule has 0 bridgehead atoms. The van der Waals surface area contributed by atoms with Crippen molar-refractivity contribution in [3.63, 3.8) is 0 Å². The average Bonchev–Trinajstić information content (AvgIpc) is 3.49. The van der Waals surface area contributed by atoms with Crippen LogP contribution < -0.4 is 0 Å². The number of furan rings is 2. The van der Waals surface area contributed by atoms with Crippen LogP contribution in [-0.4, -0.2) is 26.8 Å². The van der Waals surface area contributed by atoms with Gasteiger partial charge in [0.15, 0.2) is 11.5 Å². The van der Waals surface area contributed by atoms with Crippen molar-refractivity contribution < 1.29 is 28.6 Å². The Morgan fingerprint density at radius 1 is 1.06 bits per heavy atom. The fraction of sp³-hybridized carbons (Fsp3) is 0.0833. The highest BCUT2D eigenvalue weighted by atomic mass is 35.5. The molecule has 4 aromatic rings. The quantitative estimate of drug-likeness (QED) is 0.408. The summed E-state index contributed by atoms with van der Waals surface area (Å²) in [5.41, 5.74) is 0.877. The van der Waals surface area contributed by atoms with E-state index in [2.05, 4.69) is 0 Å². The van der Waals surface area contributed by atoms with Crippen LogP contribution in [0.1, 0.15) is 27.9 Å². The van der Waals surface area contributed by atoms with Crippen molar-refractivity contribution in [1.29, 1.82) is 0 Å². The minimum absolute atomic E-state index is 0.0276.